The van der Waals surface area contributed by atoms with Crippen molar-refractivity contribution in [1.82, 2.24) is 24.9 Å². The zero-order valence-electron chi connectivity index (χ0n) is 14.4. The molecule has 0 aliphatic heterocycles. The van der Waals surface area contributed by atoms with E-state index in [-0.39, 0.29) is 5.91 Å². The number of rotatable bonds is 5. The maximum atomic E-state index is 12.2. The first-order chi connectivity index (χ1) is 11.5. The molecule has 2 aromatic heterocycles. The van der Waals surface area contributed by atoms with Crippen molar-refractivity contribution in [2.45, 2.75) is 64.4 Å². The van der Waals surface area contributed by atoms with E-state index in [1.807, 2.05) is 13.8 Å². The second kappa shape index (κ2) is 6.84. The van der Waals surface area contributed by atoms with Gasteiger partial charge in [-0.25, -0.2) is 9.50 Å². The van der Waals surface area contributed by atoms with Gasteiger partial charge >= 0.3 is 0 Å². The van der Waals surface area contributed by atoms with Gasteiger partial charge in [-0.1, -0.05) is 19.3 Å². The fraction of sp³-hybridized carbons (Fsp3) is 0.647. The van der Waals surface area contributed by atoms with Gasteiger partial charge in [-0.3, -0.25) is 4.79 Å². The Hall–Kier alpha value is -2.02. The summed E-state index contributed by atoms with van der Waals surface area (Å²) in [4.78, 5) is 20.7. The van der Waals surface area contributed by atoms with E-state index in [1.165, 1.54) is 12.7 Å². The maximum absolute atomic E-state index is 12.2. The van der Waals surface area contributed by atoms with Crippen molar-refractivity contribution in [3.8, 4) is 0 Å². The summed E-state index contributed by atoms with van der Waals surface area (Å²) in [7, 11) is 0. The lowest BCUT2D eigenvalue weighted by atomic mass is 9.85. The molecule has 0 bridgehead atoms. The summed E-state index contributed by atoms with van der Waals surface area (Å²) in [6, 6.07) is 0. The SMILES string of the molecule is Cc1nc2ncnn2c(C)c1CCC(=O)NCC1(O)CCCCC1. The number of aliphatic hydroxyl groups is 1. The number of carbonyl (C=O) groups excluding carboxylic acids is 1. The molecule has 3 rings (SSSR count). The van der Waals surface area contributed by atoms with Gasteiger partial charge in [0.15, 0.2) is 0 Å². The van der Waals surface area contributed by atoms with E-state index >= 15 is 0 Å². The Kier molecular flexibility index (Phi) is 4.80. The van der Waals surface area contributed by atoms with E-state index in [0.717, 1.165) is 42.6 Å². The Morgan fingerprint density at radius 3 is 2.83 bits per heavy atom. The van der Waals surface area contributed by atoms with Gasteiger partial charge < -0.3 is 10.4 Å². The molecule has 0 atom stereocenters. The van der Waals surface area contributed by atoms with Gasteiger partial charge in [0.05, 0.1) is 5.60 Å². The minimum Gasteiger partial charge on any atom is -0.388 e. The van der Waals surface area contributed by atoms with E-state index < -0.39 is 5.60 Å². The number of nitrogens with zero attached hydrogens (tertiary/aromatic N) is 4. The van der Waals surface area contributed by atoms with Crippen LogP contribution in [0.1, 0.15) is 55.5 Å². The molecule has 0 radical (unpaired) electrons. The van der Waals surface area contributed by atoms with Crippen LogP contribution in [0.2, 0.25) is 0 Å². The monoisotopic (exact) mass is 331 g/mol. The molecule has 0 spiro atoms. The largest absolute Gasteiger partial charge is 0.388 e. The quantitative estimate of drug-likeness (QED) is 0.866. The van der Waals surface area contributed by atoms with Gasteiger partial charge in [0, 0.05) is 24.4 Å². The first-order valence-corrected chi connectivity index (χ1v) is 8.63. The molecule has 1 aliphatic rings. The summed E-state index contributed by atoms with van der Waals surface area (Å²) in [5, 5.41) is 17.5. The highest BCUT2D eigenvalue weighted by Crippen LogP contribution is 2.27. The number of amides is 1. The lowest BCUT2D eigenvalue weighted by Gasteiger charge is -2.32. The smallest absolute Gasteiger partial charge is 0.252 e. The summed E-state index contributed by atoms with van der Waals surface area (Å²) >= 11 is 0. The minimum atomic E-state index is -0.721. The summed E-state index contributed by atoms with van der Waals surface area (Å²) in [6.45, 7) is 4.25. The van der Waals surface area contributed by atoms with Gasteiger partial charge in [0.1, 0.15) is 6.33 Å². The molecule has 2 heterocycles. The van der Waals surface area contributed by atoms with Gasteiger partial charge in [0.25, 0.3) is 5.78 Å². The molecule has 24 heavy (non-hydrogen) atoms. The molecule has 7 nitrogen and oxygen atoms in total. The van der Waals surface area contributed by atoms with Crippen LogP contribution >= 0.6 is 0 Å². The fourth-order valence-corrected chi connectivity index (χ4v) is 3.49. The van der Waals surface area contributed by atoms with Crippen molar-refractivity contribution in [2.75, 3.05) is 6.54 Å². The van der Waals surface area contributed by atoms with Crippen LogP contribution < -0.4 is 5.32 Å². The molecule has 1 aliphatic carbocycles. The second-order valence-corrected chi connectivity index (χ2v) is 6.79. The van der Waals surface area contributed by atoms with Gasteiger partial charge in [-0.05, 0) is 38.7 Å². The number of nitrogens with one attached hydrogen (secondary N) is 1. The number of hydrogen-bond acceptors (Lipinski definition) is 5. The Bertz CT molecular complexity index is 734. The number of aryl methyl sites for hydroxylation is 2. The average molecular weight is 331 g/mol. The summed E-state index contributed by atoms with van der Waals surface area (Å²) in [5.74, 6) is 0.546. The second-order valence-electron chi connectivity index (χ2n) is 6.79. The first kappa shape index (κ1) is 16.8. The van der Waals surface area contributed by atoms with Gasteiger partial charge in [-0.2, -0.15) is 10.1 Å². The molecule has 0 saturated heterocycles. The highest BCUT2D eigenvalue weighted by atomic mass is 16.3. The van der Waals surface area contributed by atoms with Crippen LogP contribution in [0.25, 0.3) is 5.78 Å². The molecule has 1 saturated carbocycles. The minimum absolute atomic E-state index is 0.0357. The molecular formula is C17H25N5O2. The number of hydrogen-bond donors (Lipinski definition) is 2. The molecule has 1 fully saturated rings. The lowest BCUT2D eigenvalue weighted by Crippen LogP contribution is -2.44. The van der Waals surface area contributed by atoms with Gasteiger partial charge in [0.2, 0.25) is 5.91 Å². The Labute approximate surface area is 141 Å². The molecule has 2 aromatic rings. The molecule has 0 aromatic carbocycles. The van der Waals surface area contributed by atoms with Crippen LogP contribution in [0.15, 0.2) is 6.33 Å². The van der Waals surface area contributed by atoms with Crippen LogP contribution in [0.5, 0.6) is 0 Å². The normalized spacial score (nSPS) is 17.1. The predicted molar refractivity (Wildman–Crippen MR) is 89.6 cm³/mol. The number of fused-ring (bicyclic) bond motifs is 1. The maximum Gasteiger partial charge on any atom is 0.252 e. The molecular weight excluding hydrogens is 306 g/mol. The molecule has 130 valence electrons. The summed E-state index contributed by atoms with van der Waals surface area (Å²) in [5.41, 5.74) is 2.15. The lowest BCUT2D eigenvalue weighted by molar-refractivity contribution is -0.122. The predicted octanol–water partition coefficient (Wildman–Crippen LogP) is 1.49. The number of carbonyl (C=O) groups is 1. The van der Waals surface area contributed by atoms with Crippen LogP contribution in [-0.4, -0.2) is 42.7 Å². The van der Waals surface area contributed by atoms with E-state index in [4.69, 9.17) is 0 Å². The third kappa shape index (κ3) is 3.56. The van der Waals surface area contributed by atoms with E-state index in [2.05, 4.69) is 20.4 Å². The van der Waals surface area contributed by atoms with E-state index in [1.54, 1.807) is 4.52 Å². The van der Waals surface area contributed by atoms with Crippen LogP contribution in [-0.2, 0) is 11.2 Å². The third-order valence-electron chi connectivity index (χ3n) is 4.99. The van der Waals surface area contributed by atoms with Crippen LogP contribution in [0, 0.1) is 13.8 Å². The van der Waals surface area contributed by atoms with E-state index in [9.17, 15) is 9.90 Å². The van der Waals surface area contributed by atoms with Crippen LogP contribution in [0.3, 0.4) is 0 Å². The van der Waals surface area contributed by atoms with Crippen molar-refractivity contribution in [2.24, 2.45) is 0 Å². The Balaban J connectivity index is 1.58. The average Bonchev–Trinajstić information content (AvgIpc) is 3.02. The zero-order chi connectivity index (χ0) is 17.2. The van der Waals surface area contributed by atoms with E-state index in [0.29, 0.717) is 25.2 Å². The molecule has 1 amide bonds. The molecule has 2 N–H and O–H groups in total. The number of aromatic nitrogens is 4. The summed E-state index contributed by atoms with van der Waals surface area (Å²) < 4.78 is 1.70. The van der Waals surface area contributed by atoms with Gasteiger partial charge in [-0.15, -0.1) is 0 Å². The van der Waals surface area contributed by atoms with Crippen LogP contribution in [0.4, 0.5) is 0 Å². The van der Waals surface area contributed by atoms with Crippen molar-refractivity contribution in [1.29, 1.82) is 0 Å². The highest BCUT2D eigenvalue weighted by Gasteiger charge is 2.29. The van der Waals surface area contributed by atoms with Crippen molar-refractivity contribution >= 4 is 11.7 Å². The molecule has 7 heteroatoms. The third-order valence-corrected chi connectivity index (χ3v) is 4.99. The summed E-state index contributed by atoms with van der Waals surface area (Å²) in [6.07, 6.45) is 7.26. The van der Waals surface area contributed by atoms with Crippen molar-refractivity contribution < 1.29 is 9.90 Å². The van der Waals surface area contributed by atoms with Crippen molar-refractivity contribution in [3.63, 3.8) is 0 Å². The standard InChI is InChI=1S/C17H25N5O2/c1-12-14(13(2)22-16(21-12)19-11-20-22)6-7-15(23)18-10-17(24)8-4-3-5-9-17/h11,24H,3-10H2,1-2H3,(H,18,23). The Morgan fingerprint density at radius 1 is 1.33 bits per heavy atom. The topological polar surface area (TPSA) is 92.4 Å². The molecule has 0 unspecified atom stereocenters. The Morgan fingerprint density at radius 2 is 2.08 bits per heavy atom. The first-order valence-electron chi connectivity index (χ1n) is 8.63. The highest BCUT2D eigenvalue weighted by molar-refractivity contribution is 5.76. The zero-order valence-corrected chi connectivity index (χ0v) is 14.4. The van der Waals surface area contributed by atoms with Crippen molar-refractivity contribution in [3.05, 3.63) is 23.3 Å². The fourth-order valence-electron chi connectivity index (χ4n) is 3.49.